The number of hydrogen-bond acceptors (Lipinski definition) is 2. The predicted molar refractivity (Wildman–Crippen MR) is 61.3 cm³/mol. The van der Waals surface area contributed by atoms with Crippen LogP contribution in [-0.2, 0) is 4.79 Å². The molecule has 1 rings (SSSR count). The number of nitrogens with two attached hydrogens (primary N) is 1. The molecule has 1 fully saturated rings. The normalized spacial score (nSPS) is 27.5. The van der Waals surface area contributed by atoms with Crippen molar-refractivity contribution in [3.05, 3.63) is 0 Å². The SMILES string of the molecule is C[N+](C)(C)CC(=O)N[C@H]1CC[C@H](N)CC1. The molecule has 0 aromatic carbocycles. The standard InChI is InChI=1S/C11H23N3O/c1-14(2,3)8-11(15)13-10-6-4-9(12)5-7-10/h9-10H,4-8,12H2,1-3H3/p+1/t9-,10-. The molecule has 1 saturated carbocycles. The number of quaternary nitrogens is 1. The Labute approximate surface area is 92.4 Å². The summed E-state index contributed by atoms with van der Waals surface area (Å²) in [5, 5.41) is 3.09. The van der Waals surface area contributed by atoms with Gasteiger partial charge in [-0.05, 0) is 25.7 Å². The Hall–Kier alpha value is -0.610. The highest BCUT2D eigenvalue weighted by molar-refractivity contribution is 5.77. The molecule has 4 nitrogen and oxygen atoms in total. The molecular weight excluding hydrogens is 190 g/mol. The summed E-state index contributed by atoms with van der Waals surface area (Å²) >= 11 is 0. The van der Waals surface area contributed by atoms with Crippen molar-refractivity contribution in [3.63, 3.8) is 0 Å². The molecule has 0 aromatic rings. The summed E-state index contributed by atoms with van der Waals surface area (Å²) in [4.78, 5) is 11.7. The number of hydrogen-bond donors (Lipinski definition) is 2. The number of carbonyl (C=O) groups excluding carboxylic acids is 1. The van der Waals surface area contributed by atoms with Crippen molar-refractivity contribution in [2.45, 2.75) is 37.8 Å². The number of rotatable bonds is 3. The molecule has 4 heteroatoms. The second-order valence-corrected chi connectivity index (χ2v) is 5.63. The van der Waals surface area contributed by atoms with Gasteiger partial charge < -0.3 is 15.5 Å². The summed E-state index contributed by atoms with van der Waals surface area (Å²) in [6.45, 7) is 0.544. The van der Waals surface area contributed by atoms with E-state index in [1.807, 2.05) is 21.1 Å². The summed E-state index contributed by atoms with van der Waals surface area (Å²) in [7, 11) is 6.07. The molecule has 0 radical (unpaired) electrons. The molecule has 0 aromatic heterocycles. The van der Waals surface area contributed by atoms with Crippen LogP contribution in [-0.4, -0.2) is 50.2 Å². The van der Waals surface area contributed by atoms with Gasteiger partial charge in [0.15, 0.2) is 6.54 Å². The average Bonchev–Trinajstić information content (AvgIpc) is 2.05. The molecule has 0 aliphatic heterocycles. The van der Waals surface area contributed by atoms with Crippen molar-refractivity contribution in [2.75, 3.05) is 27.7 Å². The maximum atomic E-state index is 11.7. The van der Waals surface area contributed by atoms with Crippen LogP contribution >= 0.6 is 0 Å². The van der Waals surface area contributed by atoms with Crippen molar-refractivity contribution >= 4 is 5.91 Å². The van der Waals surface area contributed by atoms with Gasteiger partial charge in [0.25, 0.3) is 5.91 Å². The first-order valence-electron chi connectivity index (χ1n) is 5.72. The van der Waals surface area contributed by atoms with Gasteiger partial charge in [0, 0.05) is 12.1 Å². The molecule has 0 bridgehead atoms. The van der Waals surface area contributed by atoms with E-state index in [1.54, 1.807) is 0 Å². The van der Waals surface area contributed by atoms with E-state index in [4.69, 9.17) is 5.73 Å². The Morgan fingerprint density at radius 1 is 1.27 bits per heavy atom. The van der Waals surface area contributed by atoms with E-state index in [-0.39, 0.29) is 5.91 Å². The molecule has 1 aliphatic rings. The van der Waals surface area contributed by atoms with Crippen LogP contribution < -0.4 is 11.1 Å². The van der Waals surface area contributed by atoms with Crippen LogP contribution in [0, 0.1) is 0 Å². The lowest BCUT2D eigenvalue weighted by Gasteiger charge is -2.29. The fraction of sp³-hybridized carbons (Fsp3) is 0.909. The molecule has 15 heavy (non-hydrogen) atoms. The second kappa shape index (κ2) is 4.94. The quantitative estimate of drug-likeness (QED) is 0.654. The largest absolute Gasteiger partial charge is 0.348 e. The third-order valence-electron chi connectivity index (χ3n) is 2.75. The number of carbonyl (C=O) groups is 1. The fourth-order valence-electron chi connectivity index (χ4n) is 1.97. The van der Waals surface area contributed by atoms with Gasteiger partial charge in [-0.3, -0.25) is 4.79 Å². The molecule has 88 valence electrons. The highest BCUT2D eigenvalue weighted by Gasteiger charge is 2.22. The van der Waals surface area contributed by atoms with Crippen molar-refractivity contribution in [1.29, 1.82) is 0 Å². The highest BCUT2D eigenvalue weighted by Crippen LogP contribution is 2.16. The van der Waals surface area contributed by atoms with Crippen LogP contribution in [0.25, 0.3) is 0 Å². The van der Waals surface area contributed by atoms with Crippen LogP contribution in [0.1, 0.15) is 25.7 Å². The maximum absolute atomic E-state index is 11.7. The van der Waals surface area contributed by atoms with Gasteiger partial charge in [-0.1, -0.05) is 0 Å². The lowest BCUT2D eigenvalue weighted by atomic mass is 9.92. The van der Waals surface area contributed by atoms with Gasteiger partial charge in [-0.25, -0.2) is 0 Å². The topological polar surface area (TPSA) is 55.1 Å². The molecular formula is C11H24N3O+. The van der Waals surface area contributed by atoms with E-state index in [0.29, 0.717) is 23.1 Å². The van der Waals surface area contributed by atoms with E-state index in [0.717, 1.165) is 25.7 Å². The molecule has 0 unspecified atom stereocenters. The zero-order valence-corrected chi connectivity index (χ0v) is 10.1. The van der Waals surface area contributed by atoms with Gasteiger partial charge in [-0.2, -0.15) is 0 Å². The molecule has 1 aliphatic carbocycles. The molecule has 0 saturated heterocycles. The third kappa shape index (κ3) is 5.14. The molecule has 3 N–H and O–H groups in total. The number of nitrogens with zero attached hydrogens (tertiary/aromatic N) is 1. The number of nitrogens with one attached hydrogen (secondary N) is 1. The van der Waals surface area contributed by atoms with E-state index >= 15 is 0 Å². The van der Waals surface area contributed by atoms with Crippen LogP contribution in [0.15, 0.2) is 0 Å². The van der Waals surface area contributed by atoms with Crippen molar-refractivity contribution in [2.24, 2.45) is 5.73 Å². The molecule has 0 atom stereocenters. The Morgan fingerprint density at radius 3 is 2.27 bits per heavy atom. The molecule has 0 heterocycles. The lowest BCUT2D eigenvalue weighted by Crippen LogP contribution is -2.48. The minimum Gasteiger partial charge on any atom is -0.348 e. The first-order valence-corrected chi connectivity index (χ1v) is 5.72. The minimum atomic E-state index is 0.156. The van der Waals surface area contributed by atoms with Crippen LogP contribution in [0.4, 0.5) is 0 Å². The number of amides is 1. The number of likely N-dealkylation sites (N-methyl/N-ethyl adjacent to an activating group) is 1. The Kier molecular flexibility index (Phi) is 4.11. The van der Waals surface area contributed by atoms with E-state index < -0.39 is 0 Å². The van der Waals surface area contributed by atoms with E-state index in [9.17, 15) is 4.79 Å². The molecule has 1 amide bonds. The summed E-state index contributed by atoms with van der Waals surface area (Å²) in [6, 6.07) is 0.695. The first kappa shape index (κ1) is 12.5. The predicted octanol–water partition coefficient (Wildman–Crippen LogP) is 0.0787. The summed E-state index contributed by atoms with van der Waals surface area (Å²) < 4.78 is 0.679. The van der Waals surface area contributed by atoms with Crippen LogP contribution in [0.2, 0.25) is 0 Å². The van der Waals surface area contributed by atoms with Crippen LogP contribution in [0.5, 0.6) is 0 Å². The van der Waals surface area contributed by atoms with Crippen molar-refractivity contribution < 1.29 is 9.28 Å². The van der Waals surface area contributed by atoms with Gasteiger partial charge in [-0.15, -0.1) is 0 Å². The Morgan fingerprint density at radius 2 is 1.80 bits per heavy atom. The summed E-state index contributed by atoms with van der Waals surface area (Å²) in [6.07, 6.45) is 4.14. The second-order valence-electron chi connectivity index (χ2n) is 5.63. The van der Waals surface area contributed by atoms with Crippen LogP contribution in [0.3, 0.4) is 0 Å². The van der Waals surface area contributed by atoms with Crippen molar-refractivity contribution in [3.8, 4) is 0 Å². The lowest BCUT2D eigenvalue weighted by molar-refractivity contribution is -0.862. The van der Waals surface area contributed by atoms with E-state index in [1.165, 1.54) is 0 Å². The van der Waals surface area contributed by atoms with Gasteiger partial charge in [0.2, 0.25) is 0 Å². The van der Waals surface area contributed by atoms with Gasteiger partial charge in [0.1, 0.15) is 0 Å². The van der Waals surface area contributed by atoms with Crippen molar-refractivity contribution in [1.82, 2.24) is 5.32 Å². The zero-order chi connectivity index (χ0) is 11.5. The first-order chi connectivity index (χ1) is 6.87. The molecule has 0 spiro atoms. The summed E-state index contributed by atoms with van der Waals surface area (Å²) in [5.74, 6) is 0.156. The van der Waals surface area contributed by atoms with Gasteiger partial charge >= 0.3 is 0 Å². The maximum Gasteiger partial charge on any atom is 0.275 e. The summed E-state index contributed by atoms with van der Waals surface area (Å²) in [5.41, 5.74) is 5.81. The fourth-order valence-corrected chi connectivity index (χ4v) is 1.97. The van der Waals surface area contributed by atoms with E-state index in [2.05, 4.69) is 5.32 Å². The monoisotopic (exact) mass is 214 g/mol. The smallest absolute Gasteiger partial charge is 0.275 e. The zero-order valence-electron chi connectivity index (χ0n) is 10.1. The highest BCUT2D eigenvalue weighted by atomic mass is 16.2. The Balaban J connectivity index is 2.27. The third-order valence-corrected chi connectivity index (χ3v) is 2.75. The van der Waals surface area contributed by atoms with Gasteiger partial charge in [0.05, 0.1) is 21.1 Å². The Bertz CT molecular complexity index is 214. The average molecular weight is 214 g/mol. The minimum absolute atomic E-state index is 0.156.